The molecule has 0 bridgehead atoms. The van der Waals surface area contributed by atoms with Gasteiger partial charge in [0.25, 0.3) is 0 Å². The lowest BCUT2D eigenvalue weighted by Crippen LogP contribution is -2.31. The van der Waals surface area contributed by atoms with Crippen LogP contribution in [0.4, 0.5) is 92.2 Å². The van der Waals surface area contributed by atoms with Gasteiger partial charge in [0.2, 0.25) is 18.0 Å². The molecule has 0 spiro atoms. The van der Waals surface area contributed by atoms with Crippen molar-refractivity contribution in [2.45, 2.75) is 121 Å². The monoisotopic (exact) mass is 1400 g/mol. The number of aliphatic hydroxyl groups excluding tert-OH is 2. The third kappa shape index (κ3) is 25.2. The fourth-order valence-corrected chi connectivity index (χ4v) is 7.99. The molecule has 6 rings (SSSR count). The minimum Gasteiger partial charge on any atom is -0.383 e. The molecule has 0 aliphatic heterocycles. The van der Waals surface area contributed by atoms with Crippen LogP contribution in [0.2, 0.25) is 0 Å². The Kier molecular flexibility index (Phi) is 27.9. The molecule has 34 heteroatoms. The molecule has 96 heavy (non-hydrogen) atoms. The van der Waals surface area contributed by atoms with Crippen LogP contribution in [-0.2, 0) is 79.9 Å². The smallest absolute Gasteiger partial charge is 0.383 e. The fourth-order valence-electron chi connectivity index (χ4n) is 7.99. The topological polar surface area (TPSA) is 190 Å². The predicted octanol–water partition coefficient (Wildman–Crippen LogP) is 15.9. The van der Waals surface area contributed by atoms with E-state index < -0.39 is 197 Å². The second-order valence-electron chi connectivity index (χ2n) is 20.6. The van der Waals surface area contributed by atoms with E-state index in [2.05, 4.69) is 0 Å². The molecule has 0 aliphatic rings. The van der Waals surface area contributed by atoms with Gasteiger partial charge in [-0.3, -0.25) is 19.2 Å². The first-order valence-corrected chi connectivity index (χ1v) is 27.2. The van der Waals surface area contributed by atoms with Crippen molar-refractivity contribution in [3.63, 3.8) is 0 Å². The van der Waals surface area contributed by atoms with Crippen LogP contribution >= 0.6 is 0 Å². The highest BCUT2D eigenvalue weighted by molar-refractivity contribution is 5.98. The molecule has 8 atom stereocenters. The summed E-state index contributed by atoms with van der Waals surface area (Å²) in [6, 6.07) is 15.5. The summed E-state index contributed by atoms with van der Waals surface area (Å²) in [5.41, 5.74) is -5.75. The lowest BCUT2D eigenvalue weighted by atomic mass is 10.0. The molecule has 0 heterocycles. The lowest BCUT2D eigenvalue weighted by Gasteiger charge is -2.27. The minimum absolute atomic E-state index is 0.0205. The summed E-state index contributed by atoms with van der Waals surface area (Å²) < 4.78 is 307. The Morgan fingerprint density at radius 3 is 0.885 bits per heavy atom. The van der Waals surface area contributed by atoms with Gasteiger partial charge in [-0.05, 0) is 166 Å². The van der Waals surface area contributed by atoms with E-state index in [0.717, 1.165) is 95.3 Å². The van der Waals surface area contributed by atoms with Crippen molar-refractivity contribution in [1.82, 2.24) is 0 Å². The molecule has 2 unspecified atom stereocenters. The first-order valence-electron chi connectivity index (χ1n) is 27.2. The number of primary amides is 1. The van der Waals surface area contributed by atoms with Gasteiger partial charge >= 0.3 is 37.1 Å². The maximum absolute atomic E-state index is 13.1. The van der Waals surface area contributed by atoms with Gasteiger partial charge in [0, 0.05) is 5.56 Å². The SMILES string of the molecule is CC(=O)CO[C@@H](O[C@H](C)c1cc(C(F)(F)F)cc(C(F)(F)F)c1)C(=O)c1ccc(F)cc1.CC(=O)CO[C@@H](O[C@H](C)c1cc(C(F)(F)F)cc(C(F)(F)F)c1)C(O)c1ccc(F)cc1.C[C@@H](O[C@H](OCC(N)=O)C(O)c1ccc(F)cc1)c1cc(C(F)(F)F)cc(C(F)(F)F)c1. The summed E-state index contributed by atoms with van der Waals surface area (Å²) in [6.45, 7) is 3.78. The highest BCUT2D eigenvalue weighted by atomic mass is 19.4. The first-order chi connectivity index (χ1) is 44.0. The normalized spacial score (nSPS) is 14.9. The molecule has 4 N–H and O–H groups in total. The molecule has 0 fully saturated rings. The van der Waals surface area contributed by atoms with Gasteiger partial charge in [0.05, 0.1) is 51.7 Å². The van der Waals surface area contributed by atoms with E-state index >= 15 is 0 Å². The van der Waals surface area contributed by atoms with Crippen molar-refractivity contribution in [2.24, 2.45) is 5.73 Å². The van der Waals surface area contributed by atoms with Gasteiger partial charge in [0.15, 0.2) is 24.1 Å². The number of ketones is 3. The third-order valence-electron chi connectivity index (χ3n) is 12.8. The zero-order chi connectivity index (χ0) is 72.8. The van der Waals surface area contributed by atoms with E-state index in [4.69, 9.17) is 34.2 Å². The number of nitrogens with two attached hydrogens (primary N) is 1. The largest absolute Gasteiger partial charge is 0.416 e. The van der Waals surface area contributed by atoms with Gasteiger partial charge in [-0.2, -0.15) is 79.0 Å². The number of halogens is 21. The number of benzene rings is 6. The summed E-state index contributed by atoms with van der Waals surface area (Å²) in [4.78, 5) is 46.2. The maximum atomic E-state index is 13.1. The molecule has 0 aliphatic carbocycles. The summed E-state index contributed by atoms with van der Waals surface area (Å²) in [7, 11) is 0. The maximum Gasteiger partial charge on any atom is 0.416 e. The number of amides is 1. The van der Waals surface area contributed by atoms with E-state index in [-0.39, 0.29) is 34.9 Å². The highest BCUT2D eigenvalue weighted by Gasteiger charge is 2.42. The fraction of sp³-hybridized carbons (Fsp3) is 0.355. The van der Waals surface area contributed by atoms with E-state index in [1.807, 2.05) is 0 Å². The van der Waals surface area contributed by atoms with Crippen LogP contribution in [0.15, 0.2) is 127 Å². The van der Waals surface area contributed by atoms with Crippen molar-refractivity contribution >= 4 is 23.3 Å². The number of carbonyl (C=O) groups is 4. The van der Waals surface area contributed by atoms with Crippen LogP contribution in [0.3, 0.4) is 0 Å². The molecular weight excluding hydrogens is 1350 g/mol. The molecule has 6 aromatic rings. The second-order valence-corrected chi connectivity index (χ2v) is 20.6. The van der Waals surface area contributed by atoms with Gasteiger partial charge < -0.3 is 44.4 Å². The Labute approximate surface area is 530 Å². The zero-order valence-electron chi connectivity index (χ0n) is 49.9. The number of ether oxygens (including phenoxy) is 6. The Bertz CT molecular complexity index is 3310. The van der Waals surface area contributed by atoms with Crippen LogP contribution in [0.5, 0.6) is 0 Å². The molecule has 0 aromatic heterocycles. The number of hydrogen-bond donors (Lipinski definition) is 3. The van der Waals surface area contributed by atoms with E-state index in [0.29, 0.717) is 36.4 Å². The van der Waals surface area contributed by atoms with Crippen molar-refractivity contribution in [3.05, 3.63) is 212 Å². The van der Waals surface area contributed by atoms with Crippen LogP contribution in [0.25, 0.3) is 0 Å². The Hall–Kier alpha value is -7.99. The van der Waals surface area contributed by atoms with E-state index in [9.17, 15) is 122 Å². The molecule has 0 saturated heterocycles. The Balaban J connectivity index is 0.000000306. The number of aliphatic hydroxyl groups is 2. The summed E-state index contributed by atoms with van der Waals surface area (Å²) in [6.07, 6.45) is -43.2. The molecule has 6 aromatic carbocycles. The summed E-state index contributed by atoms with van der Waals surface area (Å²) in [5, 5.41) is 21.0. The molecule has 13 nitrogen and oxygen atoms in total. The molecule has 0 radical (unpaired) electrons. The first kappa shape index (κ1) is 80.4. The zero-order valence-corrected chi connectivity index (χ0v) is 49.9. The van der Waals surface area contributed by atoms with Crippen molar-refractivity contribution in [1.29, 1.82) is 0 Å². The van der Waals surface area contributed by atoms with Crippen LogP contribution in [0, 0.1) is 17.5 Å². The van der Waals surface area contributed by atoms with Crippen molar-refractivity contribution < 1.29 is 150 Å². The molecule has 0 saturated carbocycles. The number of alkyl halides is 18. The van der Waals surface area contributed by atoms with E-state index in [1.54, 1.807) is 0 Å². The van der Waals surface area contributed by atoms with Gasteiger partial charge in [-0.1, -0.05) is 24.3 Å². The summed E-state index contributed by atoms with van der Waals surface area (Å²) in [5.74, 6) is -4.76. The number of hydrogen-bond acceptors (Lipinski definition) is 12. The highest BCUT2D eigenvalue weighted by Crippen LogP contribution is 2.42. The summed E-state index contributed by atoms with van der Waals surface area (Å²) >= 11 is 0. The number of carbonyl (C=O) groups excluding carboxylic acids is 4. The number of rotatable bonds is 24. The van der Waals surface area contributed by atoms with Gasteiger partial charge in [-0.25, -0.2) is 13.2 Å². The van der Waals surface area contributed by atoms with Crippen LogP contribution < -0.4 is 5.73 Å². The predicted molar refractivity (Wildman–Crippen MR) is 291 cm³/mol. The van der Waals surface area contributed by atoms with Crippen molar-refractivity contribution in [3.8, 4) is 0 Å². The van der Waals surface area contributed by atoms with E-state index in [1.165, 1.54) is 12.1 Å². The Morgan fingerprint density at radius 2 is 0.625 bits per heavy atom. The third-order valence-corrected chi connectivity index (χ3v) is 12.8. The minimum atomic E-state index is -5.07. The Morgan fingerprint density at radius 1 is 0.375 bits per heavy atom. The molecule has 1 amide bonds. The van der Waals surface area contributed by atoms with Crippen LogP contribution in [0.1, 0.15) is 137 Å². The van der Waals surface area contributed by atoms with Crippen LogP contribution in [-0.4, -0.2) is 72.2 Å². The molecule has 526 valence electrons. The second kappa shape index (κ2) is 33.3. The standard InChI is InChI=1S/C21H19F7O4.C21H17F7O4.C20H18F7NO4/c2*1-11(29)10-31-19(18(30)13-3-5-17(22)6-4-13)32-12(2)14-7-15(20(23,24)25)9-16(8-14)21(26,27)28;1-10(12-6-13(19(22,23)24)8-14(7-12)20(25,26)27)32-18(31-9-16(28)29)17(30)11-2-4-15(21)5-3-11/h3-9,12,18-19,30H,10H2,1-2H3;3-9,12,19H,10H2,1-2H3;2-8,10,17-18,30H,9H2,1H3,(H2,28,29)/t12-,18?,19+;12-,19+;10-,17?,18+/m111/s1. The van der Waals surface area contributed by atoms with Crippen molar-refractivity contribution in [2.75, 3.05) is 19.8 Å². The van der Waals surface area contributed by atoms with Gasteiger partial charge in [0.1, 0.15) is 49.5 Å². The lowest BCUT2D eigenvalue weighted by molar-refractivity contribution is -0.216. The van der Waals surface area contributed by atoms with Gasteiger partial charge in [-0.15, -0.1) is 0 Å². The number of Topliss-reactive ketones (excluding diaryl/α,β-unsaturated/α-hetero) is 3. The average molecular weight is 1400 g/mol. The average Bonchev–Trinajstić information content (AvgIpc) is 0.816. The quantitative estimate of drug-likeness (QED) is 0.0296. The molecular formula is C62H54F21NO12.